The van der Waals surface area contributed by atoms with Crippen LogP contribution in [0.15, 0.2) is 48.6 Å². The summed E-state index contributed by atoms with van der Waals surface area (Å²) in [5.41, 5.74) is -0.586. The van der Waals surface area contributed by atoms with Gasteiger partial charge in [0.1, 0.15) is 17.4 Å². The van der Waals surface area contributed by atoms with Crippen LogP contribution in [0.2, 0.25) is 0 Å². The van der Waals surface area contributed by atoms with Crippen LogP contribution in [0.25, 0.3) is 0 Å². The van der Waals surface area contributed by atoms with Crippen LogP contribution in [-0.4, -0.2) is 88.8 Å². The largest absolute Gasteiger partial charge is 0.494 e. The van der Waals surface area contributed by atoms with Crippen molar-refractivity contribution in [1.82, 2.24) is 9.80 Å². The summed E-state index contributed by atoms with van der Waals surface area (Å²) in [6, 6.07) is 5.97. The Hall–Kier alpha value is -3.17. The van der Waals surface area contributed by atoms with E-state index in [4.69, 9.17) is 9.47 Å². The summed E-state index contributed by atoms with van der Waals surface area (Å²) in [5, 5.41) is 10.5. The van der Waals surface area contributed by atoms with Crippen LogP contribution in [0.1, 0.15) is 52.9 Å². The molecule has 6 atom stereocenters. The first-order valence-electron chi connectivity index (χ1n) is 15.6. The van der Waals surface area contributed by atoms with Gasteiger partial charge in [-0.1, -0.05) is 57.4 Å². The number of amides is 3. The molecule has 9 heteroatoms. The van der Waals surface area contributed by atoms with Crippen LogP contribution >= 0.6 is 0 Å². The van der Waals surface area contributed by atoms with Crippen molar-refractivity contribution in [1.29, 1.82) is 0 Å². The number of carbonyl (C=O) groups is 3. The Bertz CT molecular complexity index is 1250. The number of fused-ring (bicyclic) bond motifs is 2. The molecule has 9 nitrogen and oxygen atoms in total. The Kier molecular flexibility index (Phi) is 7.91. The fourth-order valence-corrected chi connectivity index (χ4v) is 7.91. The number of aliphatic hydroxyl groups excluding tert-OH is 1. The molecule has 2 saturated heterocycles. The molecule has 0 radical (unpaired) electrons. The maximum Gasteiger partial charge on any atom is 0.249 e. The first-order valence-corrected chi connectivity index (χ1v) is 15.6. The number of rotatable bonds is 7. The highest BCUT2D eigenvalue weighted by Gasteiger charge is 2.72. The minimum Gasteiger partial charge on any atom is -0.494 e. The molecular formula is C33H43N3O6. The second-order valence-electron chi connectivity index (χ2n) is 12.6. The Labute approximate surface area is 248 Å². The smallest absolute Gasteiger partial charge is 0.249 e. The van der Waals surface area contributed by atoms with E-state index in [1.807, 2.05) is 74.2 Å². The third kappa shape index (κ3) is 4.56. The summed E-state index contributed by atoms with van der Waals surface area (Å²) in [6.45, 7) is 6.88. The molecule has 1 aliphatic carbocycles. The van der Waals surface area contributed by atoms with Crippen LogP contribution in [0, 0.1) is 17.8 Å². The zero-order chi connectivity index (χ0) is 29.6. The molecule has 5 aliphatic rings. The normalized spacial score (nSPS) is 32.1. The van der Waals surface area contributed by atoms with E-state index in [0.717, 1.165) is 31.4 Å². The number of carbonyl (C=O) groups excluding carboxylic acids is 3. The van der Waals surface area contributed by atoms with Crippen molar-refractivity contribution >= 4 is 23.4 Å². The fraction of sp³-hybridized carbons (Fsp3) is 0.606. The van der Waals surface area contributed by atoms with Gasteiger partial charge in [-0.25, -0.2) is 0 Å². The number of benzene rings is 1. The highest BCUT2D eigenvalue weighted by atomic mass is 16.5. The number of nitrogens with zero attached hydrogens (tertiary/aromatic N) is 3. The molecule has 6 rings (SSSR count). The van der Waals surface area contributed by atoms with E-state index in [2.05, 4.69) is 0 Å². The Morgan fingerprint density at radius 3 is 2.40 bits per heavy atom. The van der Waals surface area contributed by atoms with E-state index < -0.39 is 35.6 Å². The maximum absolute atomic E-state index is 14.6. The minimum atomic E-state index is -1.29. The molecule has 0 aromatic heterocycles. The monoisotopic (exact) mass is 577 g/mol. The SMILES string of the molecule is CCOc1ccc(N2CC=C[C@H]3O[C@]45C=CCN(C6CCCCC6)C(=O)C4N([C@@H](CO)C(C)C)C(=O)[C@@H]5[C@H]3C2=O)cc1. The lowest BCUT2D eigenvalue weighted by atomic mass is 9.77. The van der Waals surface area contributed by atoms with E-state index in [1.165, 1.54) is 6.42 Å². The summed E-state index contributed by atoms with van der Waals surface area (Å²) in [4.78, 5) is 48.8. The van der Waals surface area contributed by atoms with Crippen LogP contribution < -0.4 is 9.64 Å². The predicted octanol–water partition coefficient (Wildman–Crippen LogP) is 3.32. The van der Waals surface area contributed by atoms with E-state index in [1.54, 1.807) is 9.80 Å². The van der Waals surface area contributed by atoms with Crippen molar-refractivity contribution in [2.75, 3.05) is 31.2 Å². The van der Waals surface area contributed by atoms with Gasteiger partial charge in [0.25, 0.3) is 0 Å². The van der Waals surface area contributed by atoms with Gasteiger partial charge in [0.15, 0.2) is 0 Å². The molecule has 3 amide bonds. The third-order valence-corrected chi connectivity index (χ3v) is 9.92. The first-order chi connectivity index (χ1) is 20.3. The number of aliphatic hydroxyl groups is 1. The van der Waals surface area contributed by atoms with Gasteiger partial charge in [-0.15, -0.1) is 0 Å². The molecule has 0 bridgehead atoms. The highest BCUT2D eigenvalue weighted by molar-refractivity contribution is 6.04. The Balaban J connectivity index is 1.41. The number of hydrogen-bond donors (Lipinski definition) is 1. The van der Waals surface area contributed by atoms with Crippen molar-refractivity contribution in [3.63, 3.8) is 0 Å². The average Bonchev–Trinajstić information content (AvgIpc) is 3.30. The molecule has 1 N–H and O–H groups in total. The van der Waals surface area contributed by atoms with Gasteiger partial charge in [0, 0.05) is 24.8 Å². The molecule has 1 saturated carbocycles. The molecule has 42 heavy (non-hydrogen) atoms. The van der Waals surface area contributed by atoms with Gasteiger partial charge >= 0.3 is 0 Å². The molecule has 4 heterocycles. The summed E-state index contributed by atoms with van der Waals surface area (Å²) < 4.78 is 12.4. The summed E-state index contributed by atoms with van der Waals surface area (Å²) >= 11 is 0. The topological polar surface area (TPSA) is 99.6 Å². The standard InChI is InChI=1S/C33H43N3O6/c1-4-41-24-15-13-23(14-16-24)34-18-8-12-26-27(30(34)38)28-31(39)36(25(20-37)21(2)3)29-32(40)35(22-10-6-5-7-11-22)19-9-17-33(28,29)42-26/h8-9,12-17,21-22,25-29,37H,4-7,10-11,18-20H2,1-3H3/t25-,26+,27-,28-,29?,33-/m0/s1. The van der Waals surface area contributed by atoms with Gasteiger partial charge < -0.3 is 29.3 Å². The summed E-state index contributed by atoms with van der Waals surface area (Å²) in [7, 11) is 0. The fourth-order valence-electron chi connectivity index (χ4n) is 7.91. The van der Waals surface area contributed by atoms with Gasteiger partial charge in [-0.05, 0) is 49.9 Å². The van der Waals surface area contributed by atoms with Crippen molar-refractivity contribution in [3.05, 3.63) is 48.6 Å². The zero-order valence-electron chi connectivity index (χ0n) is 24.9. The Morgan fingerprint density at radius 2 is 1.74 bits per heavy atom. The lowest BCUT2D eigenvalue weighted by Crippen LogP contribution is -2.60. The summed E-state index contributed by atoms with van der Waals surface area (Å²) in [6.07, 6.45) is 12.2. The molecule has 3 fully saturated rings. The number of hydrogen-bond acceptors (Lipinski definition) is 6. The number of likely N-dealkylation sites (tertiary alicyclic amines) is 1. The average molecular weight is 578 g/mol. The zero-order valence-corrected chi connectivity index (χ0v) is 24.9. The van der Waals surface area contributed by atoms with Gasteiger partial charge in [0.05, 0.1) is 37.2 Å². The highest BCUT2D eigenvalue weighted by Crippen LogP contribution is 2.54. The second-order valence-corrected chi connectivity index (χ2v) is 12.6. The van der Waals surface area contributed by atoms with Gasteiger partial charge in [-0.3, -0.25) is 14.4 Å². The molecule has 1 aromatic rings. The van der Waals surface area contributed by atoms with Crippen LogP contribution in [-0.2, 0) is 19.1 Å². The van der Waals surface area contributed by atoms with E-state index in [9.17, 15) is 19.5 Å². The van der Waals surface area contributed by atoms with Crippen molar-refractivity contribution in [2.45, 2.75) is 82.7 Å². The predicted molar refractivity (Wildman–Crippen MR) is 158 cm³/mol. The minimum absolute atomic E-state index is 0.0983. The van der Waals surface area contributed by atoms with Gasteiger partial charge in [-0.2, -0.15) is 0 Å². The molecular weight excluding hydrogens is 534 g/mol. The molecule has 1 aromatic carbocycles. The molecule has 1 unspecified atom stereocenters. The number of anilines is 1. The van der Waals surface area contributed by atoms with Crippen molar-refractivity contribution < 1.29 is 29.0 Å². The molecule has 1 spiro atoms. The van der Waals surface area contributed by atoms with Crippen LogP contribution in [0.5, 0.6) is 5.75 Å². The lowest BCUT2D eigenvalue weighted by Gasteiger charge is -2.42. The lowest BCUT2D eigenvalue weighted by molar-refractivity contribution is -0.153. The Morgan fingerprint density at radius 1 is 1.00 bits per heavy atom. The molecule has 4 aliphatic heterocycles. The quantitative estimate of drug-likeness (QED) is 0.500. The maximum atomic E-state index is 14.6. The third-order valence-electron chi connectivity index (χ3n) is 9.92. The van der Waals surface area contributed by atoms with Crippen molar-refractivity contribution in [3.8, 4) is 5.75 Å². The van der Waals surface area contributed by atoms with Crippen LogP contribution in [0.3, 0.4) is 0 Å². The summed E-state index contributed by atoms with van der Waals surface area (Å²) in [5.74, 6) is -1.70. The second kappa shape index (κ2) is 11.5. The van der Waals surface area contributed by atoms with E-state index in [0.29, 0.717) is 25.4 Å². The first kappa shape index (κ1) is 28.9. The van der Waals surface area contributed by atoms with Crippen LogP contribution in [0.4, 0.5) is 5.69 Å². The van der Waals surface area contributed by atoms with E-state index in [-0.39, 0.29) is 36.3 Å². The number of ether oxygens (including phenoxy) is 2. The van der Waals surface area contributed by atoms with E-state index >= 15 is 0 Å². The van der Waals surface area contributed by atoms with Crippen molar-refractivity contribution in [2.24, 2.45) is 17.8 Å². The molecule has 226 valence electrons. The van der Waals surface area contributed by atoms with Gasteiger partial charge in [0.2, 0.25) is 17.7 Å².